The third kappa shape index (κ3) is 4.68. The second-order valence-electron chi connectivity index (χ2n) is 12.1. The molecule has 0 fully saturated rings. The van der Waals surface area contributed by atoms with Crippen molar-refractivity contribution in [2.45, 2.75) is 13.8 Å². The van der Waals surface area contributed by atoms with Gasteiger partial charge in [-0.25, -0.2) is 0 Å². The molecule has 6 aromatic carbocycles. The van der Waals surface area contributed by atoms with Crippen LogP contribution in [-0.4, -0.2) is 4.57 Å². The zero-order valence-corrected chi connectivity index (χ0v) is 27.1. The monoisotopic (exact) mass is 630 g/mol. The highest BCUT2D eigenvalue weighted by Crippen LogP contribution is 2.44. The van der Waals surface area contributed by atoms with E-state index in [4.69, 9.17) is 4.42 Å². The van der Waals surface area contributed by atoms with E-state index in [-0.39, 0.29) is 0 Å². The maximum atomic E-state index is 10.6. The average molecular weight is 631 g/mol. The van der Waals surface area contributed by atoms with E-state index in [0.29, 0.717) is 22.5 Å². The molecule has 0 radical (unpaired) electrons. The van der Waals surface area contributed by atoms with Crippen molar-refractivity contribution in [1.82, 2.24) is 4.57 Å². The van der Waals surface area contributed by atoms with Crippen molar-refractivity contribution in [3.05, 3.63) is 156 Å². The minimum Gasteiger partial charge on any atom is -0.455 e. The predicted octanol–water partition coefficient (Wildman–Crippen LogP) is 11.6. The Morgan fingerprint density at radius 1 is 0.673 bits per heavy atom. The number of nitriles is 2. The van der Waals surface area contributed by atoms with Crippen molar-refractivity contribution < 1.29 is 4.42 Å². The maximum absolute atomic E-state index is 10.6. The molecule has 0 saturated heterocycles. The number of para-hydroxylation sites is 2. The Bertz CT molecular complexity index is 2710. The summed E-state index contributed by atoms with van der Waals surface area (Å²) >= 11 is 0. The minimum absolute atomic E-state index is 0.416. The molecule has 5 nitrogen and oxygen atoms in total. The second-order valence-corrected chi connectivity index (χ2v) is 12.1. The van der Waals surface area contributed by atoms with Crippen molar-refractivity contribution in [2.75, 3.05) is 5.32 Å². The Kier molecular flexibility index (Phi) is 7.10. The molecule has 0 aliphatic carbocycles. The molecule has 1 N–H and O–H groups in total. The van der Waals surface area contributed by atoms with Gasteiger partial charge in [0, 0.05) is 33.0 Å². The van der Waals surface area contributed by atoms with Crippen molar-refractivity contribution in [3.8, 4) is 40.1 Å². The van der Waals surface area contributed by atoms with Crippen molar-refractivity contribution in [1.29, 1.82) is 10.5 Å². The van der Waals surface area contributed by atoms with Crippen LogP contribution in [0.1, 0.15) is 27.9 Å². The van der Waals surface area contributed by atoms with Gasteiger partial charge in [0.2, 0.25) is 0 Å². The third-order valence-electron chi connectivity index (χ3n) is 9.41. The molecule has 2 aromatic heterocycles. The number of anilines is 2. The molecule has 232 valence electrons. The van der Waals surface area contributed by atoms with Crippen LogP contribution in [-0.2, 0) is 0 Å². The van der Waals surface area contributed by atoms with Crippen LogP contribution in [0.4, 0.5) is 11.4 Å². The molecule has 0 bridgehead atoms. The number of benzene rings is 6. The Hall–Kier alpha value is -6.82. The number of hydrogen-bond acceptors (Lipinski definition) is 4. The summed E-state index contributed by atoms with van der Waals surface area (Å²) in [7, 11) is 0. The lowest BCUT2D eigenvalue weighted by Crippen LogP contribution is -2.04. The van der Waals surface area contributed by atoms with Crippen molar-refractivity contribution >= 4 is 50.3 Å². The standard InChI is InChI=1S/C44H30N4O/c1-4-29-14-6-8-16-33(29)42-28(3)48(39-19-11-9-18-36(39)42)40-24-30(25-45)38(23-31(40)26-46)47-37-22-21-35-34-17-10-12-20-41(34)49-44(35)43(37)32-15-7-5-13-27(32)2/h4-24,47H,1H2,2-3H3. The Morgan fingerprint density at radius 2 is 1.37 bits per heavy atom. The fourth-order valence-corrected chi connectivity index (χ4v) is 7.14. The SMILES string of the molecule is C=Cc1ccccc1-c1c(C)n(-c2cc(C#N)c(Nc3ccc4c(oc5ccccc54)c3-c3ccccc3C)cc2C#N)c2ccccc12. The van der Waals surface area contributed by atoms with Gasteiger partial charge in [-0.05, 0) is 72.5 Å². The Balaban J connectivity index is 1.33. The molecule has 0 aliphatic rings. The van der Waals surface area contributed by atoms with Crippen LogP contribution in [0.15, 0.2) is 132 Å². The van der Waals surface area contributed by atoms with E-state index in [1.807, 2.05) is 72.8 Å². The van der Waals surface area contributed by atoms with Gasteiger partial charge >= 0.3 is 0 Å². The van der Waals surface area contributed by atoms with Crippen molar-refractivity contribution in [3.63, 3.8) is 0 Å². The first-order chi connectivity index (χ1) is 24.0. The Morgan fingerprint density at radius 3 is 2.14 bits per heavy atom. The molecule has 0 saturated carbocycles. The van der Waals surface area contributed by atoms with Crippen LogP contribution in [0.25, 0.3) is 66.9 Å². The van der Waals surface area contributed by atoms with Crippen LogP contribution >= 0.6 is 0 Å². The summed E-state index contributed by atoms with van der Waals surface area (Å²) in [6, 6.07) is 45.1. The lowest BCUT2D eigenvalue weighted by atomic mass is 9.96. The normalized spacial score (nSPS) is 11.1. The van der Waals surface area contributed by atoms with Crippen LogP contribution in [0.2, 0.25) is 0 Å². The lowest BCUT2D eigenvalue weighted by Gasteiger charge is -2.18. The summed E-state index contributed by atoms with van der Waals surface area (Å²) in [6.45, 7) is 8.18. The highest BCUT2D eigenvalue weighted by atomic mass is 16.3. The van der Waals surface area contributed by atoms with E-state index >= 15 is 0 Å². The molecule has 49 heavy (non-hydrogen) atoms. The van der Waals surface area contributed by atoms with Gasteiger partial charge < -0.3 is 14.3 Å². The highest BCUT2D eigenvalue weighted by molar-refractivity contribution is 6.13. The molecule has 0 unspecified atom stereocenters. The van der Waals surface area contributed by atoms with E-state index in [9.17, 15) is 10.5 Å². The second kappa shape index (κ2) is 11.8. The topological polar surface area (TPSA) is 77.7 Å². The summed E-state index contributed by atoms with van der Waals surface area (Å²) < 4.78 is 8.58. The smallest absolute Gasteiger partial charge is 0.145 e. The number of rotatable bonds is 6. The molecule has 5 heteroatoms. The Labute approximate surface area is 284 Å². The summed E-state index contributed by atoms with van der Waals surface area (Å²) in [4.78, 5) is 0. The molecule has 0 aliphatic heterocycles. The minimum atomic E-state index is 0.416. The molecular weight excluding hydrogens is 601 g/mol. The number of nitrogens with zero attached hydrogens (tertiary/aromatic N) is 3. The fourth-order valence-electron chi connectivity index (χ4n) is 7.14. The zero-order valence-electron chi connectivity index (χ0n) is 27.1. The number of hydrogen-bond donors (Lipinski definition) is 1. The molecule has 0 spiro atoms. The van der Waals surface area contributed by atoms with Crippen LogP contribution in [0.3, 0.4) is 0 Å². The number of furan rings is 1. The first-order valence-corrected chi connectivity index (χ1v) is 16.1. The van der Waals surface area contributed by atoms with Gasteiger partial charge in [-0.1, -0.05) is 97.6 Å². The summed E-state index contributed by atoms with van der Waals surface area (Å²) in [5.41, 5.74) is 12.5. The van der Waals surface area contributed by atoms with Gasteiger partial charge in [-0.2, -0.15) is 10.5 Å². The van der Waals surface area contributed by atoms with Gasteiger partial charge in [0.25, 0.3) is 0 Å². The van der Waals surface area contributed by atoms with Crippen LogP contribution in [0, 0.1) is 36.5 Å². The number of fused-ring (bicyclic) bond motifs is 4. The van der Waals surface area contributed by atoms with Crippen LogP contribution in [0.5, 0.6) is 0 Å². The van der Waals surface area contributed by atoms with Gasteiger partial charge in [0.1, 0.15) is 23.3 Å². The first-order valence-electron chi connectivity index (χ1n) is 16.1. The third-order valence-corrected chi connectivity index (χ3v) is 9.41. The van der Waals surface area contributed by atoms with Gasteiger partial charge in [-0.15, -0.1) is 0 Å². The summed E-state index contributed by atoms with van der Waals surface area (Å²) in [6.07, 6.45) is 1.86. The number of nitrogens with one attached hydrogen (secondary N) is 1. The number of aromatic nitrogens is 1. The molecule has 2 heterocycles. The average Bonchev–Trinajstić information content (AvgIpc) is 3.66. The van der Waals surface area contributed by atoms with E-state index < -0.39 is 0 Å². The first kappa shape index (κ1) is 29.6. The van der Waals surface area contributed by atoms with Gasteiger partial charge in [0.05, 0.1) is 33.7 Å². The zero-order chi connectivity index (χ0) is 33.6. The number of aryl methyl sites for hydroxylation is 1. The van der Waals surface area contributed by atoms with E-state index in [2.05, 4.69) is 91.0 Å². The highest BCUT2D eigenvalue weighted by Gasteiger charge is 2.23. The molecule has 8 rings (SSSR count). The van der Waals surface area contributed by atoms with E-state index in [0.717, 1.165) is 77.6 Å². The molecule has 0 amide bonds. The fraction of sp³-hybridized carbons (Fsp3) is 0.0455. The quantitative estimate of drug-likeness (QED) is 0.198. The summed E-state index contributed by atoms with van der Waals surface area (Å²) in [5.74, 6) is 0. The predicted molar refractivity (Wildman–Crippen MR) is 200 cm³/mol. The van der Waals surface area contributed by atoms with Crippen LogP contribution < -0.4 is 5.32 Å². The lowest BCUT2D eigenvalue weighted by molar-refractivity contribution is 0.670. The van der Waals surface area contributed by atoms with Gasteiger partial charge in [-0.3, -0.25) is 0 Å². The van der Waals surface area contributed by atoms with E-state index in [1.54, 1.807) is 6.07 Å². The van der Waals surface area contributed by atoms with Crippen molar-refractivity contribution in [2.24, 2.45) is 0 Å². The summed E-state index contributed by atoms with van der Waals surface area (Å²) in [5, 5.41) is 27.8. The van der Waals surface area contributed by atoms with Gasteiger partial charge in [0.15, 0.2) is 0 Å². The van der Waals surface area contributed by atoms with E-state index in [1.165, 1.54) is 0 Å². The molecule has 0 atom stereocenters. The molecular formula is C44H30N4O. The molecule has 8 aromatic rings. The largest absolute Gasteiger partial charge is 0.455 e. The maximum Gasteiger partial charge on any atom is 0.145 e.